The van der Waals surface area contributed by atoms with Gasteiger partial charge in [0, 0.05) is 42.0 Å². The standard InChI is InChI=1S/C30H32N6O2S/c1-6-27(37)33-23-12-11-21(16-25(23)38-5)36-29(28(34-30(36)39)24-9-7-8-14-31-24)22-15-19(3)35(20(22)4)26-13-10-18(2)17-32-26/h7-17,28-29H,6H2,1-5H3,(H,33,37)(H,34,39)/t28-,29+/m0/s1. The Balaban J connectivity index is 1.64. The van der Waals surface area contributed by atoms with E-state index >= 15 is 0 Å². The van der Waals surface area contributed by atoms with Crippen molar-refractivity contribution < 1.29 is 9.53 Å². The Morgan fingerprint density at radius 1 is 1.10 bits per heavy atom. The summed E-state index contributed by atoms with van der Waals surface area (Å²) in [6.45, 7) is 8.05. The number of rotatable bonds is 7. The molecule has 9 heteroatoms. The van der Waals surface area contributed by atoms with E-state index in [0.29, 0.717) is 23.0 Å². The van der Waals surface area contributed by atoms with E-state index in [1.807, 2.05) is 62.5 Å². The Labute approximate surface area is 234 Å². The number of ether oxygens (including phenoxy) is 1. The van der Waals surface area contributed by atoms with E-state index in [2.05, 4.69) is 56.0 Å². The first-order valence-electron chi connectivity index (χ1n) is 12.9. The van der Waals surface area contributed by atoms with Crippen LogP contribution in [0.5, 0.6) is 5.75 Å². The molecule has 0 spiro atoms. The van der Waals surface area contributed by atoms with Gasteiger partial charge in [0.2, 0.25) is 5.91 Å². The fourth-order valence-corrected chi connectivity index (χ4v) is 5.50. The highest BCUT2D eigenvalue weighted by molar-refractivity contribution is 7.80. The lowest BCUT2D eigenvalue weighted by molar-refractivity contribution is -0.115. The van der Waals surface area contributed by atoms with Gasteiger partial charge in [-0.15, -0.1) is 0 Å². The van der Waals surface area contributed by atoms with Gasteiger partial charge in [0.15, 0.2) is 5.11 Å². The number of hydrogen-bond acceptors (Lipinski definition) is 5. The number of carbonyl (C=O) groups is 1. The molecule has 1 aliphatic rings. The van der Waals surface area contributed by atoms with Gasteiger partial charge in [0.25, 0.3) is 0 Å². The number of carbonyl (C=O) groups excluding carboxylic acids is 1. The lowest BCUT2D eigenvalue weighted by Gasteiger charge is -2.28. The van der Waals surface area contributed by atoms with Gasteiger partial charge in [-0.3, -0.25) is 9.78 Å². The summed E-state index contributed by atoms with van der Waals surface area (Å²) in [5.74, 6) is 1.35. The van der Waals surface area contributed by atoms with Gasteiger partial charge in [0.1, 0.15) is 11.6 Å². The van der Waals surface area contributed by atoms with E-state index in [1.165, 1.54) is 0 Å². The third-order valence-corrected chi connectivity index (χ3v) is 7.38. The smallest absolute Gasteiger partial charge is 0.224 e. The average molecular weight is 541 g/mol. The first-order valence-corrected chi connectivity index (χ1v) is 13.3. The predicted molar refractivity (Wildman–Crippen MR) is 158 cm³/mol. The second-order valence-corrected chi connectivity index (χ2v) is 10.0. The van der Waals surface area contributed by atoms with E-state index < -0.39 is 0 Å². The van der Waals surface area contributed by atoms with Crippen LogP contribution in [0.25, 0.3) is 5.82 Å². The molecular weight excluding hydrogens is 508 g/mol. The van der Waals surface area contributed by atoms with Crippen molar-refractivity contribution in [3.8, 4) is 11.6 Å². The highest BCUT2D eigenvalue weighted by atomic mass is 32.1. The first-order chi connectivity index (χ1) is 18.8. The van der Waals surface area contributed by atoms with Crippen molar-refractivity contribution in [2.24, 2.45) is 0 Å². The lowest BCUT2D eigenvalue weighted by atomic mass is 9.96. The Morgan fingerprint density at radius 3 is 2.59 bits per heavy atom. The van der Waals surface area contributed by atoms with Crippen molar-refractivity contribution in [2.45, 2.75) is 46.2 Å². The Hall–Kier alpha value is -4.24. The molecule has 2 N–H and O–H groups in total. The van der Waals surface area contributed by atoms with Crippen molar-refractivity contribution in [2.75, 3.05) is 17.3 Å². The minimum absolute atomic E-state index is 0.0790. The molecule has 1 fully saturated rings. The van der Waals surface area contributed by atoms with Crippen molar-refractivity contribution in [3.63, 3.8) is 0 Å². The van der Waals surface area contributed by atoms with Crippen molar-refractivity contribution in [3.05, 3.63) is 95.2 Å². The van der Waals surface area contributed by atoms with Crippen LogP contribution in [-0.2, 0) is 4.79 Å². The number of methoxy groups -OCH3 is 1. The molecule has 0 aliphatic carbocycles. The van der Waals surface area contributed by atoms with Crippen LogP contribution in [0.2, 0.25) is 0 Å². The number of nitrogens with one attached hydrogen (secondary N) is 2. The van der Waals surface area contributed by atoms with Gasteiger partial charge in [-0.1, -0.05) is 19.1 Å². The van der Waals surface area contributed by atoms with Crippen LogP contribution in [0.15, 0.2) is 67.0 Å². The molecular formula is C30H32N6O2S. The fourth-order valence-electron chi connectivity index (χ4n) is 5.15. The number of anilines is 2. The van der Waals surface area contributed by atoms with Crippen LogP contribution < -0.4 is 20.3 Å². The van der Waals surface area contributed by atoms with Crippen LogP contribution in [0.4, 0.5) is 11.4 Å². The number of aromatic nitrogens is 3. The number of nitrogens with zero attached hydrogens (tertiary/aromatic N) is 4. The molecule has 4 aromatic rings. The molecule has 0 radical (unpaired) electrons. The summed E-state index contributed by atoms with van der Waals surface area (Å²) in [5, 5.41) is 7.02. The molecule has 1 aliphatic heterocycles. The molecule has 1 saturated heterocycles. The van der Waals surface area contributed by atoms with Crippen molar-refractivity contribution >= 4 is 34.6 Å². The molecule has 0 saturated carbocycles. The van der Waals surface area contributed by atoms with E-state index in [-0.39, 0.29) is 18.0 Å². The van der Waals surface area contributed by atoms with Gasteiger partial charge < -0.3 is 24.8 Å². The van der Waals surface area contributed by atoms with Gasteiger partial charge in [-0.2, -0.15) is 0 Å². The van der Waals surface area contributed by atoms with Crippen LogP contribution in [0.3, 0.4) is 0 Å². The lowest BCUT2D eigenvalue weighted by Crippen LogP contribution is -2.29. The molecule has 2 atom stereocenters. The summed E-state index contributed by atoms with van der Waals surface area (Å²) < 4.78 is 7.84. The van der Waals surface area contributed by atoms with Crippen molar-refractivity contribution in [1.29, 1.82) is 0 Å². The highest BCUT2D eigenvalue weighted by Gasteiger charge is 2.42. The maximum atomic E-state index is 12.1. The van der Waals surface area contributed by atoms with Gasteiger partial charge in [-0.05, 0) is 80.5 Å². The molecule has 8 nitrogen and oxygen atoms in total. The van der Waals surface area contributed by atoms with Crippen LogP contribution >= 0.6 is 12.2 Å². The van der Waals surface area contributed by atoms with Crippen LogP contribution in [0.1, 0.15) is 53.6 Å². The maximum Gasteiger partial charge on any atom is 0.224 e. The molecule has 3 aromatic heterocycles. The van der Waals surface area contributed by atoms with E-state index in [9.17, 15) is 4.79 Å². The summed E-state index contributed by atoms with van der Waals surface area (Å²) in [6, 6.07) is 17.6. The predicted octanol–water partition coefficient (Wildman–Crippen LogP) is 5.73. The normalized spacial score (nSPS) is 16.7. The number of aryl methyl sites for hydroxylation is 2. The Bertz CT molecular complexity index is 1520. The van der Waals surface area contributed by atoms with Crippen molar-refractivity contribution in [1.82, 2.24) is 19.9 Å². The number of hydrogen-bond donors (Lipinski definition) is 2. The second-order valence-electron chi connectivity index (χ2n) is 9.64. The zero-order valence-corrected chi connectivity index (χ0v) is 23.5. The maximum absolute atomic E-state index is 12.1. The summed E-state index contributed by atoms with van der Waals surface area (Å²) in [5.41, 5.74) is 6.73. The quantitative estimate of drug-likeness (QED) is 0.290. The summed E-state index contributed by atoms with van der Waals surface area (Å²) in [4.78, 5) is 23.5. The van der Waals surface area contributed by atoms with Crippen LogP contribution in [-0.4, -0.2) is 32.7 Å². The Morgan fingerprint density at radius 2 is 1.92 bits per heavy atom. The van der Waals surface area contributed by atoms with Gasteiger partial charge >= 0.3 is 0 Å². The number of thiocarbonyl (C=S) groups is 1. The number of amides is 1. The van der Waals surface area contributed by atoms with Crippen LogP contribution in [0, 0.1) is 20.8 Å². The van der Waals surface area contributed by atoms with E-state index in [0.717, 1.165) is 39.7 Å². The molecule has 1 aromatic carbocycles. The molecule has 0 unspecified atom stereocenters. The first kappa shape index (κ1) is 26.4. The summed E-state index contributed by atoms with van der Waals surface area (Å²) in [7, 11) is 1.59. The third-order valence-electron chi connectivity index (χ3n) is 7.07. The summed E-state index contributed by atoms with van der Waals surface area (Å²) in [6.07, 6.45) is 4.06. The monoisotopic (exact) mass is 540 g/mol. The third kappa shape index (κ3) is 4.97. The fraction of sp³-hybridized carbons (Fsp3) is 0.267. The topological polar surface area (TPSA) is 84.3 Å². The molecule has 1 amide bonds. The minimum Gasteiger partial charge on any atom is -0.494 e. The zero-order chi connectivity index (χ0) is 27.7. The largest absolute Gasteiger partial charge is 0.494 e. The van der Waals surface area contributed by atoms with Gasteiger partial charge in [0.05, 0.1) is 30.6 Å². The molecule has 0 bridgehead atoms. The molecule has 200 valence electrons. The molecule has 4 heterocycles. The Kier molecular flexibility index (Phi) is 7.34. The molecule has 39 heavy (non-hydrogen) atoms. The number of benzene rings is 1. The number of pyridine rings is 2. The van der Waals surface area contributed by atoms with Gasteiger partial charge in [-0.25, -0.2) is 4.98 Å². The minimum atomic E-state index is -0.196. The highest BCUT2D eigenvalue weighted by Crippen LogP contribution is 2.45. The second kappa shape index (κ2) is 10.9. The summed E-state index contributed by atoms with van der Waals surface area (Å²) >= 11 is 5.93. The average Bonchev–Trinajstić information content (AvgIpc) is 3.44. The molecule has 5 rings (SSSR count). The van der Waals surface area contributed by atoms with E-state index in [1.54, 1.807) is 13.3 Å². The SMILES string of the molecule is CCC(=O)Nc1ccc(N2C(=S)N[C@@H](c3ccccn3)[C@H]2c2cc(C)n(-c3ccc(C)cn3)c2C)cc1OC. The van der Waals surface area contributed by atoms with E-state index in [4.69, 9.17) is 17.0 Å². The zero-order valence-electron chi connectivity index (χ0n) is 22.7.